The van der Waals surface area contributed by atoms with Crippen molar-refractivity contribution in [1.82, 2.24) is 0 Å². The Kier molecular flexibility index (Phi) is 4.28. The molecular formula is C9H5F6IS. The predicted molar refractivity (Wildman–Crippen MR) is 60.9 cm³/mol. The summed E-state index contributed by atoms with van der Waals surface area (Å²) in [4.78, 5) is -0.420. The van der Waals surface area contributed by atoms with E-state index in [1.54, 1.807) is 0 Å². The Hall–Kier alpha value is -0.120. The number of rotatable bonds is 1. The first kappa shape index (κ1) is 14.9. The average Bonchev–Trinajstić information content (AvgIpc) is 2.12. The highest BCUT2D eigenvalue weighted by Crippen LogP contribution is 2.42. The standard InChI is InChI=1S/C9H5F6IS/c1-17-6-3-4(8(10,11)12)2-5(16)7(6)9(13,14)15/h2-3H,1H3. The highest BCUT2D eigenvalue weighted by Gasteiger charge is 2.39. The molecule has 0 spiro atoms. The Morgan fingerprint density at radius 3 is 1.88 bits per heavy atom. The second kappa shape index (κ2) is 4.87. The van der Waals surface area contributed by atoms with Crippen LogP contribution >= 0.6 is 34.4 Å². The van der Waals surface area contributed by atoms with Crippen molar-refractivity contribution >= 4 is 34.4 Å². The average molecular weight is 386 g/mol. The number of benzene rings is 1. The number of thioether (sulfide) groups is 1. The van der Waals surface area contributed by atoms with E-state index >= 15 is 0 Å². The van der Waals surface area contributed by atoms with Crippen LogP contribution < -0.4 is 0 Å². The molecule has 0 N–H and O–H groups in total. The molecule has 0 saturated carbocycles. The van der Waals surface area contributed by atoms with Gasteiger partial charge in [0.25, 0.3) is 0 Å². The third kappa shape index (κ3) is 3.43. The summed E-state index contributed by atoms with van der Waals surface area (Å²) in [5, 5.41) is 0. The minimum Gasteiger partial charge on any atom is -0.166 e. The fraction of sp³-hybridized carbons (Fsp3) is 0.333. The van der Waals surface area contributed by atoms with Crippen LogP contribution in [0.2, 0.25) is 0 Å². The maximum Gasteiger partial charge on any atom is 0.418 e. The van der Waals surface area contributed by atoms with Gasteiger partial charge in [-0.1, -0.05) is 0 Å². The predicted octanol–water partition coefficient (Wildman–Crippen LogP) is 5.05. The second-order valence-electron chi connectivity index (χ2n) is 3.03. The second-order valence-corrected chi connectivity index (χ2v) is 5.04. The van der Waals surface area contributed by atoms with Crippen molar-refractivity contribution in [2.75, 3.05) is 6.26 Å². The molecule has 0 bridgehead atoms. The molecule has 0 heterocycles. The molecule has 0 aliphatic rings. The van der Waals surface area contributed by atoms with Crippen molar-refractivity contribution < 1.29 is 26.3 Å². The van der Waals surface area contributed by atoms with E-state index in [0.717, 1.165) is 0 Å². The largest absolute Gasteiger partial charge is 0.418 e. The molecule has 0 atom stereocenters. The monoisotopic (exact) mass is 386 g/mol. The van der Waals surface area contributed by atoms with E-state index in [9.17, 15) is 26.3 Å². The molecular weight excluding hydrogens is 381 g/mol. The van der Waals surface area contributed by atoms with Crippen LogP contribution in [0.5, 0.6) is 0 Å². The molecule has 0 aromatic heterocycles. The van der Waals surface area contributed by atoms with Crippen LogP contribution in [0.4, 0.5) is 26.3 Å². The lowest BCUT2D eigenvalue weighted by Crippen LogP contribution is -2.13. The molecule has 0 radical (unpaired) electrons. The van der Waals surface area contributed by atoms with E-state index in [1.165, 1.54) is 28.8 Å². The van der Waals surface area contributed by atoms with Crippen molar-refractivity contribution in [2.45, 2.75) is 17.2 Å². The highest BCUT2D eigenvalue weighted by atomic mass is 127. The Morgan fingerprint density at radius 1 is 1.00 bits per heavy atom. The van der Waals surface area contributed by atoms with E-state index in [0.29, 0.717) is 23.9 Å². The lowest BCUT2D eigenvalue weighted by Gasteiger charge is -2.16. The zero-order valence-corrected chi connectivity index (χ0v) is 11.2. The van der Waals surface area contributed by atoms with E-state index in [4.69, 9.17) is 0 Å². The SMILES string of the molecule is CSc1cc(C(F)(F)F)cc(I)c1C(F)(F)F. The third-order valence-corrected chi connectivity index (χ3v) is 3.50. The first-order valence-electron chi connectivity index (χ1n) is 4.09. The molecule has 1 aromatic rings. The topological polar surface area (TPSA) is 0 Å². The number of hydrogen-bond donors (Lipinski definition) is 0. The minimum absolute atomic E-state index is 0.420. The van der Waals surface area contributed by atoms with Crippen LogP contribution in [0.3, 0.4) is 0 Å². The van der Waals surface area contributed by atoms with Gasteiger partial charge in [-0.15, -0.1) is 11.8 Å². The van der Waals surface area contributed by atoms with Crippen molar-refractivity contribution in [3.8, 4) is 0 Å². The zero-order chi connectivity index (χ0) is 13.4. The molecule has 0 saturated heterocycles. The van der Waals surface area contributed by atoms with Crippen LogP contribution in [-0.4, -0.2) is 6.26 Å². The molecule has 1 aromatic carbocycles. The van der Waals surface area contributed by atoms with Crippen LogP contribution in [0.1, 0.15) is 11.1 Å². The van der Waals surface area contributed by atoms with Gasteiger partial charge in [-0.3, -0.25) is 0 Å². The van der Waals surface area contributed by atoms with Gasteiger partial charge < -0.3 is 0 Å². The van der Waals surface area contributed by atoms with Crippen molar-refractivity contribution in [1.29, 1.82) is 0 Å². The Bertz CT molecular complexity index is 423. The van der Waals surface area contributed by atoms with Gasteiger partial charge in [0.05, 0.1) is 11.1 Å². The molecule has 1 rings (SSSR count). The summed E-state index contributed by atoms with van der Waals surface area (Å²) < 4.78 is 74.7. The molecule has 0 aliphatic heterocycles. The lowest BCUT2D eigenvalue weighted by molar-refractivity contribution is -0.143. The molecule has 96 valence electrons. The van der Waals surface area contributed by atoms with Gasteiger partial charge in [0, 0.05) is 8.47 Å². The normalized spacial score (nSPS) is 12.9. The van der Waals surface area contributed by atoms with E-state index in [2.05, 4.69) is 0 Å². The first-order valence-corrected chi connectivity index (χ1v) is 6.39. The Morgan fingerprint density at radius 2 is 1.53 bits per heavy atom. The van der Waals surface area contributed by atoms with Gasteiger partial charge >= 0.3 is 12.4 Å². The van der Waals surface area contributed by atoms with Gasteiger partial charge in [0.2, 0.25) is 0 Å². The van der Waals surface area contributed by atoms with Crippen molar-refractivity contribution in [3.05, 3.63) is 26.8 Å². The third-order valence-electron chi connectivity index (χ3n) is 1.88. The fourth-order valence-electron chi connectivity index (χ4n) is 1.18. The summed E-state index contributed by atoms with van der Waals surface area (Å²) in [6, 6.07) is 1.03. The van der Waals surface area contributed by atoms with Crippen LogP contribution in [0.25, 0.3) is 0 Å². The number of alkyl halides is 6. The van der Waals surface area contributed by atoms with Crippen LogP contribution in [-0.2, 0) is 12.4 Å². The fourth-order valence-corrected chi connectivity index (χ4v) is 2.97. The maximum absolute atomic E-state index is 12.6. The molecule has 0 fully saturated rings. The molecule has 0 unspecified atom stereocenters. The molecule has 0 aliphatic carbocycles. The molecule has 0 amide bonds. The molecule has 8 heteroatoms. The Labute approximate surface area is 111 Å². The maximum atomic E-state index is 12.6. The lowest BCUT2D eigenvalue weighted by atomic mass is 10.1. The summed E-state index contributed by atoms with van der Waals surface area (Å²) in [6.07, 6.45) is -7.99. The first-order chi connectivity index (χ1) is 7.57. The van der Waals surface area contributed by atoms with Gasteiger partial charge in [-0.2, -0.15) is 26.3 Å². The van der Waals surface area contributed by atoms with Crippen LogP contribution in [0.15, 0.2) is 17.0 Å². The van der Waals surface area contributed by atoms with Crippen molar-refractivity contribution in [3.63, 3.8) is 0 Å². The van der Waals surface area contributed by atoms with Gasteiger partial charge in [0.1, 0.15) is 0 Å². The Balaban J connectivity index is 3.47. The number of halogens is 7. The molecule has 17 heavy (non-hydrogen) atoms. The molecule has 0 nitrogen and oxygen atoms in total. The van der Waals surface area contributed by atoms with Crippen LogP contribution in [0, 0.1) is 3.57 Å². The van der Waals surface area contributed by atoms with E-state index < -0.39 is 31.9 Å². The highest BCUT2D eigenvalue weighted by molar-refractivity contribution is 14.1. The summed E-state index contributed by atoms with van der Waals surface area (Å²) in [5.41, 5.74) is -2.09. The zero-order valence-electron chi connectivity index (χ0n) is 8.21. The summed E-state index contributed by atoms with van der Waals surface area (Å²) >= 11 is 1.91. The van der Waals surface area contributed by atoms with Gasteiger partial charge in [0.15, 0.2) is 0 Å². The minimum atomic E-state index is -4.65. The summed E-state index contributed by atoms with van der Waals surface area (Å²) in [6.45, 7) is 0. The summed E-state index contributed by atoms with van der Waals surface area (Å²) in [5.74, 6) is 0. The van der Waals surface area contributed by atoms with Crippen molar-refractivity contribution in [2.24, 2.45) is 0 Å². The summed E-state index contributed by atoms with van der Waals surface area (Å²) in [7, 11) is 0. The smallest absolute Gasteiger partial charge is 0.166 e. The number of hydrogen-bond acceptors (Lipinski definition) is 1. The van der Waals surface area contributed by atoms with Gasteiger partial charge in [-0.25, -0.2) is 0 Å². The van der Waals surface area contributed by atoms with E-state index in [-0.39, 0.29) is 0 Å². The quantitative estimate of drug-likeness (QED) is 0.370. The van der Waals surface area contributed by atoms with Gasteiger partial charge in [-0.05, 0) is 41.0 Å². The van der Waals surface area contributed by atoms with E-state index in [1.807, 2.05) is 0 Å².